The summed E-state index contributed by atoms with van der Waals surface area (Å²) in [5.41, 5.74) is -0.330. The predicted molar refractivity (Wildman–Crippen MR) is 54.8 cm³/mol. The van der Waals surface area contributed by atoms with Crippen LogP contribution < -0.4 is 0 Å². The maximum Gasteiger partial charge on any atom is 0.153 e. The Bertz CT molecular complexity index is 243. The zero-order chi connectivity index (χ0) is 9.52. The van der Waals surface area contributed by atoms with E-state index in [4.69, 9.17) is 23.2 Å². The average molecular weight is 272 g/mol. The van der Waals surface area contributed by atoms with Crippen LogP contribution >= 0.6 is 39.1 Å². The third kappa shape index (κ3) is 1.57. The molecule has 0 aromatic rings. The minimum absolute atomic E-state index is 0.106. The number of allylic oxidation sites excluding steroid dienone is 1. The molecule has 12 heavy (non-hydrogen) atoms. The van der Waals surface area contributed by atoms with Crippen molar-refractivity contribution < 1.29 is 4.79 Å². The second kappa shape index (κ2) is 3.32. The highest BCUT2D eigenvalue weighted by Gasteiger charge is 2.53. The largest absolute Gasteiger partial charge is 0.298 e. The Balaban J connectivity index is 2.81. The van der Waals surface area contributed by atoms with Crippen molar-refractivity contribution in [3.8, 4) is 0 Å². The number of halogens is 3. The summed E-state index contributed by atoms with van der Waals surface area (Å²) in [4.78, 5) is 11.2. The monoisotopic (exact) mass is 270 g/mol. The molecular formula is C8H9BrCl2O. The van der Waals surface area contributed by atoms with Crippen molar-refractivity contribution in [2.75, 3.05) is 0 Å². The summed E-state index contributed by atoms with van der Waals surface area (Å²) in [5.74, 6) is 0.313. The van der Waals surface area contributed by atoms with Gasteiger partial charge in [0.05, 0.1) is 4.83 Å². The van der Waals surface area contributed by atoms with E-state index in [1.54, 1.807) is 6.08 Å². The number of hydrogen-bond donors (Lipinski definition) is 0. The highest BCUT2D eigenvalue weighted by molar-refractivity contribution is 9.10. The Kier molecular flexibility index (Phi) is 2.92. The molecule has 0 aromatic heterocycles. The van der Waals surface area contributed by atoms with E-state index in [1.165, 1.54) is 0 Å². The second-order valence-electron chi connectivity index (χ2n) is 3.47. The standard InChI is InChI=1S/C8H9BrCl2O/c1-8(2)4(3-5(10)11)6(9)7(8)12/h3-4,6H,1-2H3/t4-,6+/m0/s1. The molecular weight excluding hydrogens is 263 g/mol. The maximum atomic E-state index is 11.3. The van der Waals surface area contributed by atoms with Crippen LogP contribution in [0.15, 0.2) is 10.6 Å². The number of ketones is 1. The zero-order valence-corrected chi connectivity index (χ0v) is 9.87. The summed E-state index contributed by atoms with van der Waals surface area (Å²) < 4.78 is 0.227. The Labute approximate surface area is 90.2 Å². The number of rotatable bonds is 1. The van der Waals surface area contributed by atoms with Gasteiger partial charge in [0.2, 0.25) is 0 Å². The number of alkyl halides is 1. The van der Waals surface area contributed by atoms with Gasteiger partial charge >= 0.3 is 0 Å². The maximum absolute atomic E-state index is 11.3. The first-order valence-corrected chi connectivity index (χ1v) is 5.25. The number of carbonyl (C=O) groups excluding carboxylic acids is 1. The van der Waals surface area contributed by atoms with Gasteiger partial charge < -0.3 is 0 Å². The topological polar surface area (TPSA) is 17.1 Å². The molecule has 68 valence electrons. The van der Waals surface area contributed by atoms with E-state index in [0.29, 0.717) is 0 Å². The fraction of sp³-hybridized carbons (Fsp3) is 0.625. The van der Waals surface area contributed by atoms with Gasteiger partial charge in [0.15, 0.2) is 5.78 Å². The van der Waals surface area contributed by atoms with Crippen molar-refractivity contribution >= 4 is 44.9 Å². The molecule has 1 aliphatic carbocycles. The van der Waals surface area contributed by atoms with Gasteiger partial charge in [0.25, 0.3) is 0 Å². The normalized spacial score (nSPS) is 32.6. The van der Waals surface area contributed by atoms with Gasteiger partial charge in [0.1, 0.15) is 4.49 Å². The fourth-order valence-corrected chi connectivity index (χ4v) is 3.06. The number of carbonyl (C=O) groups is 1. The molecule has 0 N–H and O–H groups in total. The molecule has 0 unspecified atom stereocenters. The van der Waals surface area contributed by atoms with E-state index < -0.39 is 0 Å². The van der Waals surface area contributed by atoms with Gasteiger partial charge in [-0.2, -0.15) is 0 Å². The van der Waals surface area contributed by atoms with Crippen molar-refractivity contribution in [1.29, 1.82) is 0 Å². The molecule has 1 rings (SSSR count). The molecule has 0 bridgehead atoms. The quantitative estimate of drug-likeness (QED) is 0.669. The van der Waals surface area contributed by atoms with Gasteiger partial charge in [-0.3, -0.25) is 4.79 Å². The van der Waals surface area contributed by atoms with E-state index in [0.717, 1.165) is 0 Å². The lowest BCUT2D eigenvalue weighted by atomic mass is 9.61. The third-order valence-corrected chi connectivity index (χ3v) is 3.58. The summed E-state index contributed by atoms with van der Waals surface area (Å²) in [6.07, 6.45) is 1.71. The van der Waals surface area contributed by atoms with E-state index in [1.807, 2.05) is 13.8 Å². The van der Waals surface area contributed by atoms with Crippen LogP contribution in [0.3, 0.4) is 0 Å². The Morgan fingerprint density at radius 1 is 1.58 bits per heavy atom. The first-order chi connectivity index (χ1) is 5.37. The van der Waals surface area contributed by atoms with Crippen LogP contribution in [0.5, 0.6) is 0 Å². The zero-order valence-electron chi connectivity index (χ0n) is 6.77. The summed E-state index contributed by atoms with van der Waals surface area (Å²) in [6, 6.07) is 0. The van der Waals surface area contributed by atoms with Crippen LogP contribution in [0.1, 0.15) is 13.8 Å². The van der Waals surface area contributed by atoms with E-state index >= 15 is 0 Å². The molecule has 1 aliphatic rings. The molecule has 0 aliphatic heterocycles. The molecule has 0 aromatic carbocycles. The minimum Gasteiger partial charge on any atom is -0.298 e. The number of hydrogen-bond acceptors (Lipinski definition) is 1. The second-order valence-corrected chi connectivity index (χ2v) is 5.46. The van der Waals surface area contributed by atoms with Gasteiger partial charge in [-0.1, -0.05) is 53.0 Å². The van der Waals surface area contributed by atoms with Crippen molar-refractivity contribution in [3.63, 3.8) is 0 Å². The summed E-state index contributed by atoms with van der Waals surface area (Å²) in [5, 5.41) is 0. The minimum atomic E-state index is -0.330. The molecule has 0 saturated heterocycles. The van der Waals surface area contributed by atoms with Crippen LogP contribution in [0.4, 0.5) is 0 Å². The predicted octanol–water partition coefficient (Wildman–Crippen LogP) is 3.29. The van der Waals surface area contributed by atoms with Crippen molar-refractivity contribution in [3.05, 3.63) is 10.6 Å². The molecule has 0 spiro atoms. The van der Waals surface area contributed by atoms with E-state index in [2.05, 4.69) is 15.9 Å². The summed E-state index contributed by atoms with van der Waals surface area (Å²) in [6.45, 7) is 3.79. The highest BCUT2D eigenvalue weighted by atomic mass is 79.9. The lowest BCUT2D eigenvalue weighted by Crippen LogP contribution is -2.54. The van der Waals surface area contributed by atoms with Crippen LogP contribution in [0, 0.1) is 11.3 Å². The molecule has 2 atom stereocenters. The SMILES string of the molecule is CC1(C)C(=O)[C@H](Br)[C@@H]1C=C(Cl)Cl. The van der Waals surface area contributed by atoms with Gasteiger partial charge in [-0.15, -0.1) is 0 Å². The molecule has 1 nitrogen and oxygen atoms in total. The molecule has 0 amide bonds. The number of Topliss-reactive ketones (excluding diaryl/α,β-unsaturated/α-hetero) is 1. The Morgan fingerprint density at radius 2 is 2.08 bits per heavy atom. The highest BCUT2D eigenvalue weighted by Crippen LogP contribution is 2.48. The van der Waals surface area contributed by atoms with Crippen LogP contribution in [-0.2, 0) is 4.79 Å². The summed E-state index contributed by atoms with van der Waals surface area (Å²) in [7, 11) is 0. The first kappa shape index (κ1) is 10.6. The van der Waals surface area contributed by atoms with Crippen LogP contribution in [0.25, 0.3) is 0 Å². The molecule has 4 heteroatoms. The molecule has 0 radical (unpaired) electrons. The smallest absolute Gasteiger partial charge is 0.153 e. The van der Waals surface area contributed by atoms with Crippen molar-refractivity contribution in [2.24, 2.45) is 11.3 Å². The van der Waals surface area contributed by atoms with Gasteiger partial charge in [-0.05, 0) is 6.08 Å². The fourth-order valence-electron chi connectivity index (χ4n) is 1.38. The van der Waals surface area contributed by atoms with Gasteiger partial charge in [0, 0.05) is 11.3 Å². The van der Waals surface area contributed by atoms with E-state index in [9.17, 15) is 4.79 Å². The summed E-state index contributed by atoms with van der Waals surface area (Å²) >= 11 is 14.3. The molecule has 1 saturated carbocycles. The Hall–Kier alpha value is 0.470. The molecule has 0 heterocycles. The van der Waals surface area contributed by atoms with Crippen molar-refractivity contribution in [2.45, 2.75) is 18.7 Å². The lowest BCUT2D eigenvalue weighted by Gasteiger charge is -2.45. The van der Waals surface area contributed by atoms with Crippen LogP contribution in [0.2, 0.25) is 0 Å². The average Bonchev–Trinajstić information content (AvgIpc) is 1.98. The lowest BCUT2D eigenvalue weighted by molar-refractivity contribution is -0.138. The molecule has 1 fully saturated rings. The Morgan fingerprint density at radius 3 is 2.42 bits per heavy atom. The van der Waals surface area contributed by atoms with E-state index in [-0.39, 0.29) is 26.4 Å². The van der Waals surface area contributed by atoms with Crippen LogP contribution in [-0.4, -0.2) is 10.6 Å². The third-order valence-electron chi connectivity index (χ3n) is 2.34. The van der Waals surface area contributed by atoms with Gasteiger partial charge in [-0.25, -0.2) is 0 Å². The van der Waals surface area contributed by atoms with Crippen molar-refractivity contribution in [1.82, 2.24) is 0 Å². The first-order valence-electron chi connectivity index (χ1n) is 3.58.